The molecule has 0 spiro atoms. The Morgan fingerprint density at radius 1 is 1.07 bits per heavy atom. The summed E-state index contributed by atoms with van der Waals surface area (Å²) in [4.78, 5) is 0. The standard InChI is InChI=1S/C11H25NO2/c1-4-6-12-7-10-13-8-5-9-14-11(2)3/h11-12H,4-10H2,1-3H3. The monoisotopic (exact) mass is 203 g/mol. The number of rotatable bonds is 10. The molecular weight excluding hydrogens is 178 g/mol. The van der Waals surface area contributed by atoms with E-state index in [-0.39, 0.29) is 0 Å². The summed E-state index contributed by atoms with van der Waals surface area (Å²) in [6, 6.07) is 0. The zero-order chi connectivity index (χ0) is 10.6. The van der Waals surface area contributed by atoms with Crippen LogP contribution in [0.25, 0.3) is 0 Å². The highest BCUT2D eigenvalue weighted by molar-refractivity contribution is 4.44. The summed E-state index contributed by atoms with van der Waals surface area (Å²) in [5, 5.41) is 3.29. The first kappa shape index (κ1) is 13.9. The third-order valence-electron chi connectivity index (χ3n) is 1.73. The second-order valence-corrected chi connectivity index (χ2v) is 3.64. The molecule has 0 amide bonds. The Morgan fingerprint density at radius 2 is 1.86 bits per heavy atom. The van der Waals surface area contributed by atoms with E-state index in [0.717, 1.165) is 39.3 Å². The van der Waals surface area contributed by atoms with Crippen LogP contribution in [0.5, 0.6) is 0 Å². The summed E-state index contributed by atoms with van der Waals surface area (Å²) in [7, 11) is 0. The quantitative estimate of drug-likeness (QED) is 0.549. The SMILES string of the molecule is CCCNCCOCCCOC(C)C. The van der Waals surface area contributed by atoms with Gasteiger partial charge in [-0.15, -0.1) is 0 Å². The zero-order valence-electron chi connectivity index (χ0n) is 9.84. The second kappa shape index (κ2) is 11.0. The van der Waals surface area contributed by atoms with Crippen LogP contribution >= 0.6 is 0 Å². The van der Waals surface area contributed by atoms with Gasteiger partial charge in [0.2, 0.25) is 0 Å². The molecule has 3 heteroatoms. The van der Waals surface area contributed by atoms with Crippen molar-refractivity contribution < 1.29 is 9.47 Å². The fourth-order valence-corrected chi connectivity index (χ4v) is 1.03. The number of hydrogen-bond acceptors (Lipinski definition) is 3. The van der Waals surface area contributed by atoms with Crippen molar-refractivity contribution in [1.82, 2.24) is 5.32 Å². The molecule has 14 heavy (non-hydrogen) atoms. The lowest BCUT2D eigenvalue weighted by Gasteiger charge is -2.08. The maximum atomic E-state index is 5.42. The summed E-state index contributed by atoms with van der Waals surface area (Å²) < 4.78 is 10.8. The van der Waals surface area contributed by atoms with Gasteiger partial charge in [0, 0.05) is 19.8 Å². The van der Waals surface area contributed by atoms with Gasteiger partial charge in [-0.25, -0.2) is 0 Å². The predicted octanol–water partition coefficient (Wildman–Crippen LogP) is 1.82. The van der Waals surface area contributed by atoms with Gasteiger partial charge in [0.1, 0.15) is 0 Å². The molecule has 0 saturated heterocycles. The molecule has 3 nitrogen and oxygen atoms in total. The van der Waals surface area contributed by atoms with Gasteiger partial charge in [-0.3, -0.25) is 0 Å². The summed E-state index contributed by atoms with van der Waals surface area (Å²) in [6.45, 7) is 10.7. The van der Waals surface area contributed by atoms with Gasteiger partial charge in [-0.05, 0) is 33.2 Å². The van der Waals surface area contributed by atoms with Crippen molar-refractivity contribution in [3.8, 4) is 0 Å². The Balaban J connectivity index is 2.85. The average Bonchev–Trinajstić information content (AvgIpc) is 2.15. The van der Waals surface area contributed by atoms with Crippen LogP contribution in [-0.2, 0) is 9.47 Å². The van der Waals surface area contributed by atoms with Gasteiger partial charge in [-0.1, -0.05) is 6.92 Å². The number of hydrogen-bond donors (Lipinski definition) is 1. The van der Waals surface area contributed by atoms with Crippen LogP contribution < -0.4 is 5.32 Å². The molecule has 0 saturated carbocycles. The molecule has 0 aromatic carbocycles. The first-order valence-electron chi connectivity index (χ1n) is 5.67. The van der Waals surface area contributed by atoms with Gasteiger partial charge >= 0.3 is 0 Å². The van der Waals surface area contributed by atoms with Crippen molar-refractivity contribution in [2.45, 2.75) is 39.7 Å². The van der Waals surface area contributed by atoms with E-state index in [4.69, 9.17) is 9.47 Å². The van der Waals surface area contributed by atoms with Gasteiger partial charge in [0.05, 0.1) is 12.7 Å². The van der Waals surface area contributed by atoms with E-state index in [2.05, 4.69) is 26.1 Å². The lowest BCUT2D eigenvalue weighted by atomic mass is 10.4. The molecule has 86 valence electrons. The van der Waals surface area contributed by atoms with Gasteiger partial charge in [0.15, 0.2) is 0 Å². The molecule has 0 aliphatic rings. The molecule has 0 bridgehead atoms. The van der Waals surface area contributed by atoms with Crippen LogP contribution in [-0.4, -0.2) is 39.0 Å². The van der Waals surface area contributed by atoms with Crippen LogP contribution in [0.4, 0.5) is 0 Å². The lowest BCUT2D eigenvalue weighted by molar-refractivity contribution is 0.0520. The molecule has 0 atom stereocenters. The Labute approximate surface area is 88.2 Å². The predicted molar refractivity (Wildman–Crippen MR) is 59.7 cm³/mol. The van der Waals surface area contributed by atoms with Crippen molar-refractivity contribution in [2.75, 3.05) is 32.9 Å². The Hall–Kier alpha value is -0.120. The number of nitrogens with one attached hydrogen (secondary N) is 1. The highest BCUT2D eigenvalue weighted by atomic mass is 16.5. The summed E-state index contributed by atoms with van der Waals surface area (Å²) >= 11 is 0. The molecule has 0 radical (unpaired) electrons. The van der Waals surface area contributed by atoms with Gasteiger partial charge < -0.3 is 14.8 Å². The minimum absolute atomic E-state index is 0.334. The molecular formula is C11H25NO2. The largest absolute Gasteiger partial charge is 0.380 e. The van der Waals surface area contributed by atoms with Crippen molar-refractivity contribution in [1.29, 1.82) is 0 Å². The van der Waals surface area contributed by atoms with Crippen LogP contribution in [0.1, 0.15) is 33.6 Å². The second-order valence-electron chi connectivity index (χ2n) is 3.64. The first-order chi connectivity index (χ1) is 6.77. The van der Waals surface area contributed by atoms with E-state index in [1.807, 2.05) is 0 Å². The fourth-order valence-electron chi connectivity index (χ4n) is 1.03. The summed E-state index contributed by atoms with van der Waals surface area (Å²) in [5.41, 5.74) is 0. The summed E-state index contributed by atoms with van der Waals surface area (Å²) in [5.74, 6) is 0. The van der Waals surface area contributed by atoms with Gasteiger partial charge in [0.25, 0.3) is 0 Å². The third-order valence-corrected chi connectivity index (χ3v) is 1.73. The van der Waals surface area contributed by atoms with Crippen LogP contribution in [0.15, 0.2) is 0 Å². The topological polar surface area (TPSA) is 30.5 Å². The molecule has 1 N–H and O–H groups in total. The van der Waals surface area contributed by atoms with E-state index >= 15 is 0 Å². The third kappa shape index (κ3) is 11.9. The van der Waals surface area contributed by atoms with E-state index < -0.39 is 0 Å². The number of ether oxygens (including phenoxy) is 2. The molecule has 0 heterocycles. The zero-order valence-corrected chi connectivity index (χ0v) is 9.84. The molecule has 0 unspecified atom stereocenters. The first-order valence-corrected chi connectivity index (χ1v) is 5.67. The molecule has 0 aromatic heterocycles. The summed E-state index contributed by atoms with van der Waals surface area (Å²) in [6.07, 6.45) is 2.51. The highest BCUT2D eigenvalue weighted by Crippen LogP contribution is 1.90. The van der Waals surface area contributed by atoms with Crippen LogP contribution in [0, 0.1) is 0 Å². The molecule has 0 aromatic rings. The van der Waals surface area contributed by atoms with Crippen molar-refractivity contribution >= 4 is 0 Å². The van der Waals surface area contributed by atoms with Crippen molar-refractivity contribution in [3.05, 3.63) is 0 Å². The van der Waals surface area contributed by atoms with Crippen molar-refractivity contribution in [2.24, 2.45) is 0 Å². The van der Waals surface area contributed by atoms with Crippen LogP contribution in [0.3, 0.4) is 0 Å². The minimum atomic E-state index is 0.334. The Kier molecular flexibility index (Phi) is 10.9. The fraction of sp³-hybridized carbons (Fsp3) is 1.00. The maximum absolute atomic E-state index is 5.42. The normalized spacial score (nSPS) is 11.1. The molecule has 0 fully saturated rings. The Morgan fingerprint density at radius 3 is 2.50 bits per heavy atom. The minimum Gasteiger partial charge on any atom is -0.380 e. The van der Waals surface area contributed by atoms with E-state index in [9.17, 15) is 0 Å². The van der Waals surface area contributed by atoms with E-state index in [1.54, 1.807) is 0 Å². The Bertz CT molecular complexity index is 107. The smallest absolute Gasteiger partial charge is 0.0590 e. The van der Waals surface area contributed by atoms with Crippen LogP contribution in [0.2, 0.25) is 0 Å². The molecule has 0 aliphatic heterocycles. The van der Waals surface area contributed by atoms with E-state index in [1.165, 1.54) is 6.42 Å². The average molecular weight is 203 g/mol. The lowest BCUT2D eigenvalue weighted by Crippen LogP contribution is -2.20. The highest BCUT2D eigenvalue weighted by Gasteiger charge is 1.93. The maximum Gasteiger partial charge on any atom is 0.0590 e. The van der Waals surface area contributed by atoms with Gasteiger partial charge in [-0.2, -0.15) is 0 Å². The van der Waals surface area contributed by atoms with Crippen molar-refractivity contribution in [3.63, 3.8) is 0 Å². The molecule has 0 aliphatic carbocycles. The van der Waals surface area contributed by atoms with E-state index in [0.29, 0.717) is 6.10 Å². The molecule has 0 rings (SSSR count).